The molecule has 0 radical (unpaired) electrons. The van der Waals surface area contributed by atoms with Gasteiger partial charge in [-0.05, 0) is 52.7 Å². The van der Waals surface area contributed by atoms with E-state index in [0.29, 0.717) is 24.3 Å². The highest BCUT2D eigenvalue weighted by Gasteiger charge is 2.46. The molecule has 1 aliphatic rings. The zero-order valence-electron chi connectivity index (χ0n) is 22.9. The second-order valence-electron chi connectivity index (χ2n) is 11.7. The smallest absolute Gasteiger partial charge is 0.411 e. The molecule has 0 aliphatic carbocycles. The van der Waals surface area contributed by atoms with Crippen molar-refractivity contribution in [3.05, 3.63) is 76.8 Å². The second-order valence-corrected chi connectivity index (χ2v) is 12.7. The summed E-state index contributed by atoms with van der Waals surface area (Å²) in [5.41, 5.74) is 0.592. The number of carbonyl (C=O) groups is 2. The first-order chi connectivity index (χ1) is 17.8. The van der Waals surface area contributed by atoms with Crippen LogP contribution < -0.4 is 5.32 Å². The van der Waals surface area contributed by atoms with Gasteiger partial charge in [0, 0.05) is 30.5 Å². The Balaban J connectivity index is 1.48. The van der Waals surface area contributed by atoms with Gasteiger partial charge in [0.1, 0.15) is 15.5 Å². The standard InChI is InChI=1S/C30H37N3O4S/c1-20(21-12-14-22(15-13-21)26-31-18-24(38-26)25(34)32-28(2,3)4)33-17-16-30(37-27(33)35,19-29(5,6)36)23-10-8-7-9-11-23/h7-15,18,20,36H,16-17,19H2,1-6H3,(H,32,34)/t20-,30?/m0/s1. The number of hydrogen-bond acceptors (Lipinski definition) is 6. The van der Waals surface area contributed by atoms with Gasteiger partial charge in [0.25, 0.3) is 5.91 Å². The van der Waals surface area contributed by atoms with Crippen molar-refractivity contribution >= 4 is 23.3 Å². The maximum Gasteiger partial charge on any atom is 0.411 e. The number of cyclic esters (lactones) is 1. The maximum absolute atomic E-state index is 13.3. The van der Waals surface area contributed by atoms with E-state index in [9.17, 15) is 14.7 Å². The number of benzene rings is 2. The van der Waals surface area contributed by atoms with Crippen LogP contribution in [-0.4, -0.2) is 44.7 Å². The van der Waals surface area contributed by atoms with Crippen molar-refractivity contribution in [1.29, 1.82) is 0 Å². The molecule has 2 N–H and O–H groups in total. The third-order valence-corrected chi connectivity index (χ3v) is 7.66. The van der Waals surface area contributed by atoms with E-state index in [1.165, 1.54) is 11.3 Å². The number of nitrogens with one attached hydrogen (secondary N) is 1. The van der Waals surface area contributed by atoms with Crippen LogP contribution in [0.5, 0.6) is 0 Å². The van der Waals surface area contributed by atoms with Crippen LogP contribution in [0.15, 0.2) is 60.8 Å². The average Bonchev–Trinajstić information content (AvgIpc) is 3.33. The molecule has 2 aromatic carbocycles. The second kappa shape index (κ2) is 10.5. The van der Waals surface area contributed by atoms with Crippen LogP contribution in [0.25, 0.3) is 10.6 Å². The van der Waals surface area contributed by atoms with E-state index >= 15 is 0 Å². The Morgan fingerprint density at radius 2 is 1.79 bits per heavy atom. The van der Waals surface area contributed by atoms with Gasteiger partial charge < -0.3 is 20.1 Å². The lowest BCUT2D eigenvalue weighted by molar-refractivity contribution is -0.101. The molecule has 0 spiro atoms. The van der Waals surface area contributed by atoms with E-state index in [-0.39, 0.29) is 17.5 Å². The molecule has 0 bridgehead atoms. The minimum absolute atomic E-state index is 0.133. The number of aromatic nitrogens is 1. The lowest BCUT2D eigenvalue weighted by Gasteiger charge is -2.45. The molecule has 1 fully saturated rings. The van der Waals surface area contributed by atoms with Gasteiger partial charge in [-0.2, -0.15) is 0 Å². The Morgan fingerprint density at radius 1 is 1.13 bits per heavy atom. The number of rotatable bonds is 7. The Bertz CT molecular complexity index is 1280. The summed E-state index contributed by atoms with van der Waals surface area (Å²) < 4.78 is 6.12. The highest BCUT2D eigenvalue weighted by Crippen LogP contribution is 2.42. The molecular weight excluding hydrogens is 498 g/mol. The predicted octanol–water partition coefficient (Wildman–Crippen LogP) is 6.30. The normalized spacial score (nSPS) is 19.1. The van der Waals surface area contributed by atoms with Crippen LogP contribution in [0.3, 0.4) is 0 Å². The van der Waals surface area contributed by atoms with Gasteiger partial charge in [0.15, 0.2) is 0 Å². The van der Waals surface area contributed by atoms with Gasteiger partial charge in [0.05, 0.1) is 17.8 Å². The SMILES string of the molecule is C[C@@H](c1ccc(-c2ncc(C(=O)NC(C)(C)C)s2)cc1)N1CCC(CC(C)(C)O)(c2ccccc2)OC1=O. The Labute approximate surface area is 228 Å². The third-order valence-electron chi connectivity index (χ3n) is 6.62. The fourth-order valence-corrected chi connectivity index (χ4v) is 5.71. The monoisotopic (exact) mass is 535 g/mol. The molecule has 7 nitrogen and oxygen atoms in total. The third kappa shape index (κ3) is 6.42. The Hall–Kier alpha value is -3.23. The van der Waals surface area contributed by atoms with Gasteiger partial charge in [0.2, 0.25) is 0 Å². The number of ether oxygens (including phenoxy) is 1. The molecule has 1 saturated heterocycles. The summed E-state index contributed by atoms with van der Waals surface area (Å²) in [7, 11) is 0. The van der Waals surface area contributed by atoms with Crippen LogP contribution in [0.2, 0.25) is 0 Å². The minimum Gasteiger partial charge on any atom is -0.438 e. The Morgan fingerprint density at radius 3 is 2.37 bits per heavy atom. The van der Waals surface area contributed by atoms with Crippen molar-refractivity contribution in [2.75, 3.05) is 6.54 Å². The van der Waals surface area contributed by atoms with Gasteiger partial charge in [-0.25, -0.2) is 9.78 Å². The molecule has 4 rings (SSSR count). The van der Waals surface area contributed by atoms with Crippen LogP contribution in [0, 0.1) is 0 Å². The number of aliphatic hydroxyl groups is 1. The van der Waals surface area contributed by atoms with E-state index < -0.39 is 17.3 Å². The zero-order chi connectivity index (χ0) is 27.7. The molecule has 2 heterocycles. The van der Waals surface area contributed by atoms with Crippen LogP contribution in [0.1, 0.15) is 81.2 Å². The summed E-state index contributed by atoms with van der Waals surface area (Å²) >= 11 is 1.35. The minimum atomic E-state index is -0.997. The molecule has 8 heteroatoms. The number of thiazole rings is 1. The van der Waals surface area contributed by atoms with Gasteiger partial charge in [-0.3, -0.25) is 4.79 Å². The first kappa shape index (κ1) is 27.8. The van der Waals surface area contributed by atoms with Crippen LogP contribution in [0.4, 0.5) is 4.79 Å². The molecule has 3 aromatic rings. The van der Waals surface area contributed by atoms with E-state index in [0.717, 1.165) is 21.7 Å². The first-order valence-electron chi connectivity index (χ1n) is 12.9. The molecule has 2 amide bonds. The lowest BCUT2D eigenvalue weighted by Crippen LogP contribution is -2.51. The van der Waals surface area contributed by atoms with Crippen molar-refractivity contribution in [2.24, 2.45) is 0 Å². The molecular formula is C30H37N3O4S. The van der Waals surface area contributed by atoms with Crippen molar-refractivity contribution in [3.8, 4) is 10.6 Å². The van der Waals surface area contributed by atoms with Gasteiger partial charge in [-0.1, -0.05) is 54.6 Å². The summed E-state index contributed by atoms with van der Waals surface area (Å²) in [4.78, 5) is 32.5. The maximum atomic E-state index is 13.3. The average molecular weight is 536 g/mol. The fourth-order valence-electron chi connectivity index (χ4n) is 4.89. The van der Waals surface area contributed by atoms with E-state index in [1.54, 1.807) is 24.9 Å². The molecule has 1 aromatic heterocycles. The molecule has 1 aliphatic heterocycles. The van der Waals surface area contributed by atoms with Gasteiger partial charge >= 0.3 is 6.09 Å². The fraction of sp³-hybridized carbons (Fsp3) is 0.433. The summed E-state index contributed by atoms with van der Waals surface area (Å²) in [6, 6.07) is 17.4. The van der Waals surface area contributed by atoms with E-state index in [2.05, 4.69) is 10.3 Å². The van der Waals surface area contributed by atoms with Crippen molar-refractivity contribution in [2.45, 2.75) is 77.2 Å². The molecule has 202 valence electrons. The largest absolute Gasteiger partial charge is 0.438 e. The van der Waals surface area contributed by atoms with Crippen LogP contribution >= 0.6 is 11.3 Å². The number of hydrogen-bond donors (Lipinski definition) is 2. The predicted molar refractivity (Wildman–Crippen MR) is 150 cm³/mol. The van der Waals surface area contributed by atoms with Crippen molar-refractivity contribution in [1.82, 2.24) is 15.2 Å². The number of amides is 2. The summed E-state index contributed by atoms with van der Waals surface area (Å²) in [6.07, 6.45) is 2.10. The number of carbonyl (C=O) groups excluding carboxylic acids is 2. The molecule has 0 saturated carbocycles. The summed E-state index contributed by atoms with van der Waals surface area (Å²) in [5.74, 6) is -0.133. The van der Waals surface area contributed by atoms with Crippen molar-refractivity contribution < 1.29 is 19.4 Å². The topological polar surface area (TPSA) is 91.8 Å². The zero-order valence-corrected chi connectivity index (χ0v) is 23.8. The Kier molecular flexibility index (Phi) is 7.68. The highest BCUT2D eigenvalue weighted by molar-refractivity contribution is 7.16. The van der Waals surface area contributed by atoms with Crippen LogP contribution in [-0.2, 0) is 10.3 Å². The van der Waals surface area contributed by atoms with Gasteiger partial charge in [-0.15, -0.1) is 11.3 Å². The lowest BCUT2D eigenvalue weighted by atomic mass is 9.80. The summed E-state index contributed by atoms with van der Waals surface area (Å²) in [6.45, 7) is 11.8. The quantitative estimate of drug-likeness (QED) is 0.371. The highest BCUT2D eigenvalue weighted by atomic mass is 32.1. The molecule has 1 unspecified atom stereocenters. The molecule has 38 heavy (non-hydrogen) atoms. The first-order valence-corrected chi connectivity index (χ1v) is 13.7. The van der Waals surface area contributed by atoms with E-state index in [4.69, 9.17) is 4.74 Å². The summed E-state index contributed by atoms with van der Waals surface area (Å²) in [5, 5.41) is 14.3. The van der Waals surface area contributed by atoms with E-state index in [1.807, 2.05) is 82.3 Å². The van der Waals surface area contributed by atoms with Crippen molar-refractivity contribution in [3.63, 3.8) is 0 Å². The number of nitrogens with zero attached hydrogens (tertiary/aromatic N) is 2. The molecule has 2 atom stereocenters.